The molecule has 46 valence electrons. The molecule has 0 fully saturated rings. The summed E-state index contributed by atoms with van der Waals surface area (Å²) in [5.41, 5.74) is 1.11. The molecule has 0 saturated carbocycles. The molecule has 0 aromatic heterocycles. The minimum Gasteiger partial charge on any atom is -0.267 e. The summed E-state index contributed by atoms with van der Waals surface area (Å²) in [6.07, 6.45) is 4.98. The Balaban J connectivity index is 3.61. The number of aliphatic imine (C=N–C) groups is 1. The van der Waals surface area contributed by atoms with E-state index in [0.29, 0.717) is 0 Å². The van der Waals surface area contributed by atoms with E-state index < -0.39 is 0 Å². The smallest absolute Gasteiger partial charge is 0.0328 e. The Kier molecular flexibility index (Phi) is 4.23. The van der Waals surface area contributed by atoms with Crippen molar-refractivity contribution in [2.24, 2.45) is 4.99 Å². The van der Waals surface area contributed by atoms with Gasteiger partial charge in [-0.2, -0.15) is 0 Å². The standard InChI is InChI=1S/C7H13N/c1-4-6-7(3)8-5-2/h5-6H,4H2,1-3H3/b7-6+,8-5?. The van der Waals surface area contributed by atoms with Crippen molar-refractivity contribution in [3.05, 3.63) is 11.8 Å². The van der Waals surface area contributed by atoms with Crippen LogP contribution in [0.25, 0.3) is 0 Å². The summed E-state index contributed by atoms with van der Waals surface area (Å²) in [5.74, 6) is 0. The van der Waals surface area contributed by atoms with E-state index in [-0.39, 0.29) is 0 Å². The van der Waals surface area contributed by atoms with Crippen LogP contribution in [0.15, 0.2) is 16.8 Å². The molecule has 8 heavy (non-hydrogen) atoms. The minimum atomic E-state index is 1.07. The Morgan fingerprint density at radius 1 is 1.62 bits per heavy atom. The predicted molar refractivity (Wildman–Crippen MR) is 38.2 cm³/mol. The SMILES string of the molecule is CC=N/C(C)=C/CC. The van der Waals surface area contributed by atoms with Gasteiger partial charge in [0.05, 0.1) is 0 Å². The van der Waals surface area contributed by atoms with E-state index in [4.69, 9.17) is 0 Å². The Hall–Kier alpha value is -0.590. The molecule has 0 unspecified atom stereocenters. The zero-order valence-corrected chi connectivity index (χ0v) is 5.81. The van der Waals surface area contributed by atoms with Crippen molar-refractivity contribution in [2.75, 3.05) is 0 Å². The molecule has 0 N–H and O–H groups in total. The van der Waals surface area contributed by atoms with Crippen molar-refractivity contribution in [3.63, 3.8) is 0 Å². The fourth-order valence-electron chi connectivity index (χ4n) is 0.552. The van der Waals surface area contributed by atoms with E-state index in [1.807, 2.05) is 20.1 Å². The average Bonchev–Trinajstić information content (AvgIpc) is 1.68. The molecule has 0 heterocycles. The predicted octanol–water partition coefficient (Wildman–Crippen LogP) is 2.39. The van der Waals surface area contributed by atoms with E-state index in [0.717, 1.165) is 12.1 Å². The van der Waals surface area contributed by atoms with Crippen LogP contribution in [0.1, 0.15) is 27.2 Å². The Labute approximate surface area is 51.1 Å². The van der Waals surface area contributed by atoms with Gasteiger partial charge in [0.25, 0.3) is 0 Å². The molecule has 0 amide bonds. The van der Waals surface area contributed by atoms with Crippen LogP contribution in [0.3, 0.4) is 0 Å². The zero-order valence-electron chi connectivity index (χ0n) is 5.81. The zero-order chi connectivity index (χ0) is 6.41. The van der Waals surface area contributed by atoms with Gasteiger partial charge in [0.15, 0.2) is 0 Å². The highest BCUT2D eigenvalue weighted by molar-refractivity contribution is 5.55. The first-order valence-corrected chi connectivity index (χ1v) is 2.96. The van der Waals surface area contributed by atoms with Gasteiger partial charge < -0.3 is 0 Å². The van der Waals surface area contributed by atoms with E-state index in [2.05, 4.69) is 18.0 Å². The number of nitrogens with zero attached hydrogens (tertiary/aromatic N) is 1. The summed E-state index contributed by atoms with van der Waals surface area (Å²) in [4.78, 5) is 4.05. The molecule has 0 bridgehead atoms. The van der Waals surface area contributed by atoms with Gasteiger partial charge >= 0.3 is 0 Å². The summed E-state index contributed by atoms with van der Waals surface area (Å²) in [6.45, 7) is 6.03. The molecule has 1 heteroatoms. The quantitative estimate of drug-likeness (QED) is 0.485. The van der Waals surface area contributed by atoms with Crippen molar-refractivity contribution in [1.82, 2.24) is 0 Å². The van der Waals surface area contributed by atoms with Gasteiger partial charge in [-0.05, 0) is 20.3 Å². The number of rotatable bonds is 2. The first-order chi connectivity index (χ1) is 3.81. The van der Waals surface area contributed by atoms with Crippen LogP contribution in [0.4, 0.5) is 0 Å². The van der Waals surface area contributed by atoms with Crippen molar-refractivity contribution in [2.45, 2.75) is 27.2 Å². The molecule has 0 spiro atoms. The second-order valence-corrected chi connectivity index (χ2v) is 1.64. The Bertz CT molecular complexity index is 101. The Morgan fingerprint density at radius 2 is 2.25 bits per heavy atom. The monoisotopic (exact) mass is 111 g/mol. The van der Waals surface area contributed by atoms with Gasteiger partial charge in [-0.3, -0.25) is 4.99 Å². The van der Waals surface area contributed by atoms with Crippen LogP contribution in [-0.2, 0) is 0 Å². The number of hydrogen-bond acceptors (Lipinski definition) is 1. The maximum atomic E-state index is 4.05. The minimum absolute atomic E-state index is 1.07. The van der Waals surface area contributed by atoms with Gasteiger partial charge in [-0.15, -0.1) is 0 Å². The van der Waals surface area contributed by atoms with E-state index >= 15 is 0 Å². The third kappa shape index (κ3) is 3.59. The summed E-state index contributed by atoms with van der Waals surface area (Å²) in [6, 6.07) is 0. The maximum absolute atomic E-state index is 4.05. The van der Waals surface area contributed by atoms with Gasteiger partial charge in [0, 0.05) is 11.9 Å². The van der Waals surface area contributed by atoms with Crippen molar-refractivity contribution >= 4 is 6.21 Å². The van der Waals surface area contributed by atoms with Crippen LogP contribution in [0.5, 0.6) is 0 Å². The highest BCUT2D eigenvalue weighted by Gasteiger charge is 1.74. The molecule has 0 rings (SSSR count). The van der Waals surface area contributed by atoms with E-state index in [1.54, 1.807) is 0 Å². The lowest BCUT2D eigenvalue weighted by Crippen LogP contribution is -1.67. The van der Waals surface area contributed by atoms with Gasteiger partial charge in [-0.25, -0.2) is 0 Å². The van der Waals surface area contributed by atoms with Crippen LogP contribution in [0, 0.1) is 0 Å². The van der Waals surface area contributed by atoms with Gasteiger partial charge in [-0.1, -0.05) is 13.0 Å². The fourth-order valence-corrected chi connectivity index (χ4v) is 0.552. The molecule has 0 aliphatic heterocycles. The third-order valence-corrected chi connectivity index (χ3v) is 0.832. The lowest BCUT2D eigenvalue weighted by Gasteiger charge is -1.85. The van der Waals surface area contributed by atoms with Crippen molar-refractivity contribution in [1.29, 1.82) is 0 Å². The summed E-state index contributed by atoms with van der Waals surface area (Å²) in [7, 11) is 0. The molecule has 0 aliphatic carbocycles. The van der Waals surface area contributed by atoms with Crippen molar-refractivity contribution in [3.8, 4) is 0 Å². The van der Waals surface area contributed by atoms with Gasteiger partial charge in [0.2, 0.25) is 0 Å². The highest BCUT2D eigenvalue weighted by atomic mass is 14.7. The van der Waals surface area contributed by atoms with Crippen LogP contribution in [-0.4, -0.2) is 6.21 Å². The van der Waals surface area contributed by atoms with Crippen LogP contribution < -0.4 is 0 Å². The first kappa shape index (κ1) is 7.41. The molecule has 0 aliphatic rings. The summed E-state index contributed by atoms with van der Waals surface area (Å²) < 4.78 is 0. The maximum Gasteiger partial charge on any atom is 0.0328 e. The lowest BCUT2D eigenvalue weighted by molar-refractivity contribution is 1.16. The number of hydrogen-bond donors (Lipinski definition) is 0. The van der Waals surface area contributed by atoms with Crippen LogP contribution in [0.2, 0.25) is 0 Å². The number of allylic oxidation sites excluding steroid dienone is 2. The molecule has 1 nitrogen and oxygen atoms in total. The average molecular weight is 111 g/mol. The van der Waals surface area contributed by atoms with E-state index in [9.17, 15) is 0 Å². The molecule has 0 aromatic carbocycles. The summed E-state index contributed by atoms with van der Waals surface area (Å²) >= 11 is 0. The second kappa shape index (κ2) is 4.57. The van der Waals surface area contributed by atoms with E-state index in [1.165, 1.54) is 0 Å². The van der Waals surface area contributed by atoms with Crippen molar-refractivity contribution < 1.29 is 0 Å². The highest BCUT2D eigenvalue weighted by Crippen LogP contribution is 1.93. The lowest BCUT2D eigenvalue weighted by atomic mass is 10.4. The van der Waals surface area contributed by atoms with Gasteiger partial charge in [0.1, 0.15) is 0 Å². The molecular weight excluding hydrogens is 98.1 g/mol. The molecule has 0 atom stereocenters. The van der Waals surface area contributed by atoms with Crippen LogP contribution >= 0.6 is 0 Å². The molecular formula is C7H13N. The Morgan fingerprint density at radius 3 is 2.62 bits per heavy atom. The second-order valence-electron chi connectivity index (χ2n) is 1.64. The fraction of sp³-hybridized carbons (Fsp3) is 0.571. The first-order valence-electron chi connectivity index (χ1n) is 2.96. The molecule has 0 radical (unpaired) electrons. The normalized spacial score (nSPS) is 13.1. The molecule has 0 saturated heterocycles. The summed E-state index contributed by atoms with van der Waals surface area (Å²) in [5, 5.41) is 0. The largest absolute Gasteiger partial charge is 0.267 e. The topological polar surface area (TPSA) is 12.4 Å². The molecule has 0 aromatic rings. The third-order valence-electron chi connectivity index (χ3n) is 0.832.